The molecule has 228 valence electrons. The quantitative estimate of drug-likeness (QED) is 0.202. The van der Waals surface area contributed by atoms with E-state index >= 15 is 0 Å². The maximum atomic E-state index is 9.01. The van der Waals surface area contributed by atoms with Crippen LogP contribution >= 0.6 is 0 Å². The van der Waals surface area contributed by atoms with Gasteiger partial charge in [-0.1, -0.05) is 133 Å². The van der Waals surface area contributed by atoms with Crippen molar-refractivity contribution in [2.24, 2.45) is 0 Å². The van der Waals surface area contributed by atoms with Crippen molar-refractivity contribution in [2.75, 3.05) is 0 Å². The van der Waals surface area contributed by atoms with Crippen LogP contribution in [0.4, 0.5) is 0 Å². The van der Waals surface area contributed by atoms with Crippen LogP contribution in [0.2, 0.25) is 0 Å². The highest BCUT2D eigenvalue weighted by Crippen LogP contribution is 2.42. The van der Waals surface area contributed by atoms with Gasteiger partial charge in [-0.2, -0.15) is 0 Å². The Labute approximate surface area is 284 Å². The molecule has 2 heteroatoms. The standard InChI is InChI=1S/C47H30N2/c48-47-42-16-5-4-14-39(42)41-18-9-17-38(46(41)47)36-21-20-34-28-37(24-22-33(34)27-36)49-44-19-7-6-15-40(44)43-29-35(23-25-45(43)49)32-13-8-12-31(26-32)30-10-2-1-3-11-30/h1-29,48H. The van der Waals surface area contributed by atoms with E-state index < -0.39 is 0 Å². The third kappa shape index (κ3) is 4.31. The number of para-hydroxylation sites is 1. The number of fused-ring (bicyclic) bond motifs is 7. The molecule has 0 amide bonds. The Hall–Kier alpha value is -6.51. The SMILES string of the molecule is N=C1c2ccccc2-c2cccc(-c3ccc4cc(-n5c6ccccc6c6cc(-c7cccc(-c8ccccc8)c7)ccc65)ccc4c3)c21. The molecular weight excluding hydrogens is 593 g/mol. The maximum absolute atomic E-state index is 9.01. The molecule has 0 aliphatic heterocycles. The van der Waals surface area contributed by atoms with E-state index in [0.29, 0.717) is 5.71 Å². The Bertz CT molecular complexity index is 2780. The van der Waals surface area contributed by atoms with Gasteiger partial charge in [0.15, 0.2) is 0 Å². The molecule has 0 bridgehead atoms. The summed E-state index contributed by atoms with van der Waals surface area (Å²) < 4.78 is 2.39. The highest BCUT2D eigenvalue weighted by atomic mass is 15.0. The lowest BCUT2D eigenvalue weighted by atomic mass is 9.93. The van der Waals surface area contributed by atoms with Crippen LogP contribution in [0, 0.1) is 5.41 Å². The highest BCUT2D eigenvalue weighted by molar-refractivity contribution is 6.26. The van der Waals surface area contributed by atoms with Crippen LogP contribution < -0.4 is 0 Å². The average Bonchev–Trinajstić information content (AvgIpc) is 3.66. The summed E-state index contributed by atoms with van der Waals surface area (Å²) in [6.45, 7) is 0. The molecule has 49 heavy (non-hydrogen) atoms. The van der Waals surface area contributed by atoms with E-state index in [0.717, 1.165) is 39.1 Å². The van der Waals surface area contributed by atoms with E-state index in [2.05, 4.69) is 174 Å². The molecule has 1 aliphatic rings. The Balaban J connectivity index is 1.07. The van der Waals surface area contributed by atoms with E-state index in [1.807, 2.05) is 6.07 Å². The largest absolute Gasteiger partial charge is 0.309 e. The van der Waals surface area contributed by atoms with E-state index in [1.165, 1.54) is 54.8 Å². The second-order valence-electron chi connectivity index (χ2n) is 12.9. The molecule has 9 aromatic rings. The van der Waals surface area contributed by atoms with Crippen molar-refractivity contribution < 1.29 is 0 Å². The smallest absolute Gasteiger partial charge is 0.0703 e. The van der Waals surface area contributed by atoms with Gasteiger partial charge in [-0.05, 0) is 97.7 Å². The van der Waals surface area contributed by atoms with Gasteiger partial charge in [-0.15, -0.1) is 0 Å². The van der Waals surface area contributed by atoms with E-state index in [-0.39, 0.29) is 0 Å². The Morgan fingerprint density at radius 3 is 1.86 bits per heavy atom. The van der Waals surface area contributed by atoms with Crippen molar-refractivity contribution in [3.8, 4) is 50.2 Å². The summed E-state index contributed by atoms with van der Waals surface area (Å²) in [4.78, 5) is 0. The zero-order valence-electron chi connectivity index (χ0n) is 26.7. The van der Waals surface area contributed by atoms with Gasteiger partial charge in [-0.3, -0.25) is 5.41 Å². The van der Waals surface area contributed by atoms with Crippen LogP contribution in [0.5, 0.6) is 0 Å². The minimum absolute atomic E-state index is 0.607. The first kappa shape index (κ1) is 27.6. The number of aromatic nitrogens is 1. The average molecular weight is 623 g/mol. The van der Waals surface area contributed by atoms with Gasteiger partial charge in [0.05, 0.1) is 16.7 Å². The van der Waals surface area contributed by atoms with E-state index in [4.69, 9.17) is 5.41 Å². The van der Waals surface area contributed by atoms with Crippen molar-refractivity contribution in [3.63, 3.8) is 0 Å². The van der Waals surface area contributed by atoms with Gasteiger partial charge >= 0.3 is 0 Å². The zero-order chi connectivity index (χ0) is 32.5. The zero-order valence-corrected chi connectivity index (χ0v) is 26.7. The molecule has 0 radical (unpaired) electrons. The molecule has 0 saturated heterocycles. The molecule has 10 rings (SSSR count). The maximum Gasteiger partial charge on any atom is 0.0703 e. The van der Waals surface area contributed by atoms with Gasteiger partial charge in [0.1, 0.15) is 0 Å². The third-order valence-electron chi connectivity index (χ3n) is 10.2. The molecule has 1 heterocycles. The van der Waals surface area contributed by atoms with E-state index in [1.54, 1.807) is 0 Å². The molecular formula is C47H30N2. The number of nitrogens with one attached hydrogen (secondary N) is 1. The molecule has 1 N–H and O–H groups in total. The van der Waals surface area contributed by atoms with Crippen LogP contribution in [0.15, 0.2) is 176 Å². The van der Waals surface area contributed by atoms with Gasteiger partial charge in [0.25, 0.3) is 0 Å². The monoisotopic (exact) mass is 622 g/mol. The molecule has 1 aromatic heterocycles. The minimum atomic E-state index is 0.607. The second-order valence-corrected chi connectivity index (χ2v) is 12.9. The third-order valence-corrected chi connectivity index (χ3v) is 10.2. The molecule has 8 aromatic carbocycles. The van der Waals surface area contributed by atoms with Crippen molar-refractivity contribution in [2.45, 2.75) is 0 Å². The summed E-state index contributed by atoms with van der Waals surface area (Å²) in [5.74, 6) is 0. The van der Waals surface area contributed by atoms with Crippen molar-refractivity contribution in [1.29, 1.82) is 5.41 Å². The Morgan fingerprint density at radius 1 is 0.347 bits per heavy atom. The first-order valence-corrected chi connectivity index (χ1v) is 16.8. The molecule has 0 atom stereocenters. The molecule has 0 saturated carbocycles. The lowest BCUT2D eigenvalue weighted by Gasteiger charge is -2.12. The van der Waals surface area contributed by atoms with E-state index in [9.17, 15) is 0 Å². The molecule has 1 aliphatic carbocycles. The molecule has 2 nitrogen and oxygen atoms in total. The summed E-state index contributed by atoms with van der Waals surface area (Å²) >= 11 is 0. The summed E-state index contributed by atoms with van der Waals surface area (Å²) in [6, 6.07) is 63.2. The number of benzene rings is 8. The van der Waals surface area contributed by atoms with Crippen molar-refractivity contribution >= 4 is 38.3 Å². The fourth-order valence-corrected chi connectivity index (χ4v) is 7.84. The fourth-order valence-electron chi connectivity index (χ4n) is 7.84. The normalized spacial score (nSPS) is 12.1. The topological polar surface area (TPSA) is 28.8 Å². The van der Waals surface area contributed by atoms with Crippen LogP contribution in [0.3, 0.4) is 0 Å². The van der Waals surface area contributed by atoms with Gasteiger partial charge in [0, 0.05) is 27.6 Å². The lowest BCUT2D eigenvalue weighted by molar-refractivity contribution is 1.19. The summed E-state index contributed by atoms with van der Waals surface area (Å²) in [6.07, 6.45) is 0. The lowest BCUT2D eigenvalue weighted by Crippen LogP contribution is -1.98. The van der Waals surface area contributed by atoms with Crippen LogP contribution in [0.1, 0.15) is 11.1 Å². The Morgan fingerprint density at radius 2 is 0.959 bits per heavy atom. The number of rotatable bonds is 4. The Kier molecular flexibility index (Phi) is 6.06. The highest BCUT2D eigenvalue weighted by Gasteiger charge is 2.26. The molecule has 0 fully saturated rings. The summed E-state index contributed by atoms with van der Waals surface area (Å²) in [5, 5.41) is 13.9. The minimum Gasteiger partial charge on any atom is -0.309 e. The number of nitrogens with zero attached hydrogens (tertiary/aromatic N) is 1. The van der Waals surface area contributed by atoms with Crippen molar-refractivity contribution in [3.05, 3.63) is 187 Å². The molecule has 0 unspecified atom stereocenters. The first-order chi connectivity index (χ1) is 24.2. The first-order valence-electron chi connectivity index (χ1n) is 16.8. The molecule has 0 spiro atoms. The van der Waals surface area contributed by atoms with Crippen LogP contribution in [0.25, 0.3) is 82.8 Å². The van der Waals surface area contributed by atoms with Gasteiger partial charge < -0.3 is 4.57 Å². The van der Waals surface area contributed by atoms with Gasteiger partial charge in [0.2, 0.25) is 0 Å². The predicted molar refractivity (Wildman–Crippen MR) is 206 cm³/mol. The van der Waals surface area contributed by atoms with Crippen LogP contribution in [-0.2, 0) is 0 Å². The van der Waals surface area contributed by atoms with Crippen molar-refractivity contribution in [1.82, 2.24) is 4.57 Å². The summed E-state index contributed by atoms with van der Waals surface area (Å²) in [7, 11) is 0. The number of hydrogen-bond donors (Lipinski definition) is 1. The summed E-state index contributed by atoms with van der Waals surface area (Å²) in [5.41, 5.74) is 15.6. The second kappa shape index (κ2) is 10.8. The predicted octanol–water partition coefficient (Wildman–Crippen LogP) is 12.3. The van der Waals surface area contributed by atoms with Crippen LogP contribution in [-0.4, -0.2) is 10.3 Å². The van der Waals surface area contributed by atoms with Gasteiger partial charge in [-0.25, -0.2) is 0 Å². The number of hydrogen-bond acceptors (Lipinski definition) is 1. The fraction of sp³-hybridized carbons (Fsp3) is 0.